The monoisotopic (exact) mass is 352 g/mol. The van der Waals surface area contributed by atoms with E-state index in [9.17, 15) is 9.90 Å². The Bertz CT molecular complexity index is 901. The largest absolute Gasteiger partial charge is 0.490 e. The number of hydrogen-bond donors (Lipinski definition) is 1. The van der Waals surface area contributed by atoms with Crippen molar-refractivity contribution in [2.75, 3.05) is 6.61 Å². The molecule has 0 aliphatic carbocycles. The summed E-state index contributed by atoms with van der Waals surface area (Å²) < 4.78 is 7.78. The standard InChI is InChI=1S/C21H24N2O3/c1-3-8-21-22-18-10-5-6-11-19(18)23(21)13-16(25)14-26-20-12-7-4-9-17(20)15(2)24/h4-7,9-12,16,25H,3,8,13-14H2,1-2H3. The number of ketones is 1. The molecule has 3 rings (SSSR count). The summed E-state index contributed by atoms with van der Waals surface area (Å²) in [5.41, 5.74) is 2.48. The van der Waals surface area contributed by atoms with Crippen LogP contribution in [0, 0.1) is 0 Å². The van der Waals surface area contributed by atoms with Gasteiger partial charge in [0.25, 0.3) is 0 Å². The zero-order valence-corrected chi connectivity index (χ0v) is 15.2. The first kappa shape index (κ1) is 18.1. The van der Waals surface area contributed by atoms with Gasteiger partial charge in [-0.05, 0) is 37.6 Å². The first-order valence-corrected chi connectivity index (χ1v) is 8.95. The molecule has 2 aromatic carbocycles. The highest BCUT2D eigenvalue weighted by Crippen LogP contribution is 2.20. The summed E-state index contributed by atoms with van der Waals surface area (Å²) in [5.74, 6) is 1.42. The molecule has 1 heterocycles. The molecule has 1 atom stereocenters. The van der Waals surface area contributed by atoms with E-state index in [1.807, 2.05) is 30.3 Å². The number of benzene rings is 2. The van der Waals surface area contributed by atoms with Gasteiger partial charge < -0.3 is 14.4 Å². The van der Waals surface area contributed by atoms with Crippen LogP contribution in [0.4, 0.5) is 0 Å². The minimum absolute atomic E-state index is 0.0547. The number of fused-ring (bicyclic) bond motifs is 1. The molecule has 1 unspecified atom stereocenters. The summed E-state index contributed by atoms with van der Waals surface area (Å²) in [6.07, 6.45) is 1.14. The van der Waals surface area contributed by atoms with Crippen molar-refractivity contribution in [3.8, 4) is 5.75 Å². The lowest BCUT2D eigenvalue weighted by molar-refractivity contribution is 0.0898. The number of nitrogens with zero attached hydrogens (tertiary/aromatic N) is 2. The van der Waals surface area contributed by atoms with E-state index in [1.54, 1.807) is 18.2 Å². The van der Waals surface area contributed by atoms with E-state index in [2.05, 4.69) is 16.5 Å². The summed E-state index contributed by atoms with van der Waals surface area (Å²) in [5, 5.41) is 10.5. The number of imidazole rings is 1. The third kappa shape index (κ3) is 3.94. The highest BCUT2D eigenvalue weighted by atomic mass is 16.5. The molecule has 0 spiro atoms. The van der Waals surface area contributed by atoms with E-state index in [0.29, 0.717) is 17.9 Å². The SMILES string of the molecule is CCCc1nc2ccccc2n1CC(O)COc1ccccc1C(C)=O. The third-order valence-electron chi connectivity index (χ3n) is 4.30. The second-order valence-electron chi connectivity index (χ2n) is 6.39. The van der Waals surface area contributed by atoms with Gasteiger partial charge in [-0.3, -0.25) is 4.79 Å². The van der Waals surface area contributed by atoms with Crippen LogP contribution < -0.4 is 4.74 Å². The average Bonchev–Trinajstić information content (AvgIpc) is 2.98. The Hall–Kier alpha value is -2.66. The molecule has 136 valence electrons. The van der Waals surface area contributed by atoms with E-state index < -0.39 is 6.10 Å². The van der Waals surface area contributed by atoms with Crippen molar-refractivity contribution < 1.29 is 14.6 Å². The molecule has 1 N–H and O–H groups in total. The quantitative estimate of drug-likeness (QED) is 0.629. The van der Waals surface area contributed by atoms with Crippen molar-refractivity contribution in [2.24, 2.45) is 0 Å². The minimum atomic E-state index is -0.705. The Morgan fingerprint density at radius 2 is 1.92 bits per heavy atom. The van der Waals surface area contributed by atoms with Crippen LogP contribution in [0.3, 0.4) is 0 Å². The first-order valence-electron chi connectivity index (χ1n) is 8.95. The Morgan fingerprint density at radius 3 is 2.69 bits per heavy atom. The van der Waals surface area contributed by atoms with Crippen LogP contribution in [0.5, 0.6) is 5.75 Å². The summed E-state index contributed by atoms with van der Waals surface area (Å²) >= 11 is 0. The number of hydrogen-bond acceptors (Lipinski definition) is 4. The highest BCUT2D eigenvalue weighted by molar-refractivity contribution is 5.96. The Labute approximate surface area is 153 Å². The fourth-order valence-electron chi connectivity index (χ4n) is 3.08. The Morgan fingerprint density at radius 1 is 1.19 bits per heavy atom. The maximum Gasteiger partial charge on any atom is 0.163 e. The predicted molar refractivity (Wildman–Crippen MR) is 102 cm³/mol. The lowest BCUT2D eigenvalue weighted by Gasteiger charge is -2.16. The zero-order chi connectivity index (χ0) is 18.5. The van der Waals surface area contributed by atoms with Crippen LogP contribution in [0.15, 0.2) is 48.5 Å². The third-order valence-corrected chi connectivity index (χ3v) is 4.30. The van der Waals surface area contributed by atoms with Crippen molar-refractivity contribution in [1.29, 1.82) is 0 Å². The predicted octanol–water partition coefficient (Wildman–Crippen LogP) is 3.63. The molecule has 0 amide bonds. The van der Waals surface area contributed by atoms with Gasteiger partial charge in [-0.2, -0.15) is 0 Å². The van der Waals surface area contributed by atoms with Crippen molar-refractivity contribution in [1.82, 2.24) is 9.55 Å². The molecule has 0 saturated carbocycles. The Kier molecular flexibility index (Phi) is 5.68. The van der Waals surface area contributed by atoms with Gasteiger partial charge in [0.2, 0.25) is 0 Å². The first-order chi connectivity index (χ1) is 12.6. The van der Waals surface area contributed by atoms with Gasteiger partial charge >= 0.3 is 0 Å². The minimum Gasteiger partial charge on any atom is -0.490 e. The number of carbonyl (C=O) groups excluding carboxylic acids is 1. The van der Waals surface area contributed by atoms with Crippen LogP contribution >= 0.6 is 0 Å². The molecule has 0 radical (unpaired) electrons. The molecule has 5 heteroatoms. The summed E-state index contributed by atoms with van der Waals surface area (Å²) in [4.78, 5) is 16.4. The van der Waals surface area contributed by atoms with E-state index in [0.717, 1.165) is 29.7 Å². The molecular formula is C21H24N2O3. The van der Waals surface area contributed by atoms with Gasteiger partial charge in [0.05, 0.1) is 23.1 Å². The van der Waals surface area contributed by atoms with Crippen LogP contribution in [-0.4, -0.2) is 33.2 Å². The van der Waals surface area contributed by atoms with E-state index in [1.165, 1.54) is 6.92 Å². The van der Waals surface area contributed by atoms with E-state index in [-0.39, 0.29) is 12.4 Å². The van der Waals surface area contributed by atoms with Crippen LogP contribution in [0.1, 0.15) is 36.5 Å². The van der Waals surface area contributed by atoms with Gasteiger partial charge in [-0.15, -0.1) is 0 Å². The van der Waals surface area contributed by atoms with Gasteiger partial charge in [-0.1, -0.05) is 31.2 Å². The topological polar surface area (TPSA) is 64.3 Å². The summed E-state index contributed by atoms with van der Waals surface area (Å²) in [7, 11) is 0. The number of Topliss-reactive ketones (excluding diaryl/α,β-unsaturated/α-hetero) is 1. The molecule has 0 saturated heterocycles. The number of para-hydroxylation sites is 3. The number of rotatable bonds is 8. The second-order valence-corrected chi connectivity index (χ2v) is 6.39. The van der Waals surface area contributed by atoms with Crippen molar-refractivity contribution in [3.63, 3.8) is 0 Å². The van der Waals surface area contributed by atoms with Crippen molar-refractivity contribution >= 4 is 16.8 Å². The van der Waals surface area contributed by atoms with Gasteiger partial charge in [0, 0.05) is 6.42 Å². The van der Waals surface area contributed by atoms with Crippen molar-refractivity contribution in [3.05, 3.63) is 59.9 Å². The normalized spacial score (nSPS) is 12.3. The molecule has 3 aromatic rings. The molecule has 0 bridgehead atoms. The molecule has 0 fully saturated rings. The van der Waals surface area contributed by atoms with E-state index >= 15 is 0 Å². The fraction of sp³-hybridized carbons (Fsp3) is 0.333. The number of aromatic nitrogens is 2. The van der Waals surface area contributed by atoms with Crippen LogP contribution in [0.2, 0.25) is 0 Å². The van der Waals surface area contributed by atoms with Gasteiger partial charge in [0.1, 0.15) is 24.3 Å². The van der Waals surface area contributed by atoms with Crippen LogP contribution in [-0.2, 0) is 13.0 Å². The molecule has 1 aromatic heterocycles. The number of ether oxygens (including phenoxy) is 1. The molecule has 5 nitrogen and oxygen atoms in total. The maximum absolute atomic E-state index is 11.7. The van der Waals surface area contributed by atoms with Crippen LogP contribution in [0.25, 0.3) is 11.0 Å². The van der Waals surface area contributed by atoms with E-state index in [4.69, 9.17) is 4.74 Å². The Balaban J connectivity index is 1.74. The molecule has 26 heavy (non-hydrogen) atoms. The smallest absolute Gasteiger partial charge is 0.163 e. The number of carbonyl (C=O) groups is 1. The second kappa shape index (κ2) is 8.15. The number of aryl methyl sites for hydroxylation is 1. The molecular weight excluding hydrogens is 328 g/mol. The zero-order valence-electron chi connectivity index (χ0n) is 15.2. The maximum atomic E-state index is 11.7. The summed E-state index contributed by atoms with van der Waals surface area (Å²) in [6, 6.07) is 15.0. The van der Waals surface area contributed by atoms with Gasteiger partial charge in [-0.25, -0.2) is 4.98 Å². The number of aliphatic hydroxyl groups is 1. The van der Waals surface area contributed by atoms with Gasteiger partial charge in [0.15, 0.2) is 5.78 Å². The molecule has 0 aliphatic rings. The number of aliphatic hydroxyl groups excluding tert-OH is 1. The lowest BCUT2D eigenvalue weighted by Crippen LogP contribution is -2.25. The average molecular weight is 352 g/mol. The molecule has 0 aliphatic heterocycles. The van der Waals surface area contributed by atoms with Crippen molar-refractivity contribution in [2.45, 2.75) is 39.3 Å². The summed E-state index contributed by atoms with van der Waals surface area (Å²) in [6.45, 7) is 4.13. The highest BCUT2D eigenvalue weighted by Gasteiger charge is 2.15. The fourth-order valence-corrected chi connectivity index (χ4v) is 3.08. The lowest BCUT2D eigenvalue weighted by atomic mass is 10.1.